The van der Waals surface area contributed by atoms with Gasteiger partial charge in [0, 0.05) is 18.8 Å². The zero-order valence-electron chi connectivity index (χ0n) is 8.46. The van der Waals surface area contributed by atoms with Crippen LogP contribution in [0.5, 0.6) is 0 Å². The standard InChI is InChI=1S/C10H13F3N2O/c11-10(12,13)9(16)6-15-5-7-3-1-2-4-8(7)14/h1-4,9,15-16H,5-6,14H2. The Morgan fingerprint density at radius 3 is 2.50 bits per heavy atom. The molecule has 3 nitrogen and oxygen atoms in total. The summed E-state index contributed by atoms with van der Waals surface area (Å²) in [6, 6.07) is 6.86. The van der Waals surface area contributed by atoms with Crippen molar-refractivity contribution in [2.24, 2.45) is 0 Å². The van der Waals surface area contributed by atoms with Crippen molar-refractivity contribution in [2.45, 2.75) is 18.8 Å². The average Bonchev–Trinajstić information content (AvgIpc) is 2.19. The zero-order chi connectivity index (χ0) is 12.2. The second-order valence-corrected chi connectivity index (χ2v) is 3.39. The molecule has 0 fully saturated rings. The molecule has 16 heavy (non-hydrogen) atoms. The van der Waals surface area contributed by atoms with Gasteiger partial charge in [-0.2, -0.15) is 13.2 Å². The van der Waals surface area contributed by atoms with E-state index in [1.54, 1.807) is 24.3 Å². The third-order valence-electron chi connectivity index (χ3n) is 2.09. The lowest BCUT2D eigenvalue weighted by molar-refractivity contribution is -0.201. The van der Waals surface area contributed by atoms with Crippen molar-refractivity contribution in [3.63, 3.8) is 0 Å². The van der Waals surface area contributed by atoms with Gasteiger partial charge < -0.3 is 16.2 Å². The number of aliphatic hydroxyl groups is 1. The van der Waals surface area contributed by atoms with Crippen molar-refractivity contribution in [3.8, 4) is 0 Å². The van der Waals surface area contributed by atoms with Crippen LogP contribution in [0.25, 0.3) is 0 Å². The van der Waals surface area contributed by atoms with Crippen LogP contribution in [0.1, 0.15) is 5.56 Å². The topological polar surface area (TPSA) is 58.3 Å². The van der Waals surface area contributed by atoms with E-state index in [9.17, 15) is 13.2 Å². The SMILES string of the molecule is Nc1ccccc1CNCC(O)C(F)(F)F. The van der Waals surface area contributed by atoms with Gasteiger partial charge in [-0.3, -0.25) is 0 Å². The van der Waals surface area contributed by atoms with Gasteiger partial charge in [-0.15, -0.1) is 0 Å². The lowest BCUT2D eigenvalue weighted by Crippen LogP contribution is -2.38. The van der Waals surface area contributed by atoms with E-state index in [4.69, 9.17) is 10.8 Å². The molecule has 1 unspecified atom stereocenters. The Labute approximate surface area is 91.1 Å². The Bertz CT molecular complexity index is 341. The summed E-state index contributed by atoms with van der Waals surface area (Å²) in [6.07, 6.45) is -6.94. The second-order valence-electron chi connectivity index (χ2n) is 3.39. The fourth-order valence-electron chi connectivity index (χ4n) is 1.15. The quantitative estimate of drug-likeness (QED) is 0.688. The smallest absolute Gasteiger partial charge is 0.398 e. The third kappa shape index (κ3) is 3.71. The van der Waals surface area contributed by atoms with E-state index in [0.717, 1.165) is 0 Å². The molecule has 0 radical (unpaired) electrons. The molecule has 1 aromatic carbocycles. The first kappa shape index (κ1) is 12.8. The highest BCUT2D eigenvalue weighted by atomic mass is 19.4. The third-order valence-corrected chi connectivity index (χ3v) is 2.09. The maximum atomic E-state index is 11.9. The van der Waals surface area contributed by atoms with Gasteiger partial charge in [0.25, 0.3) is 0 Å². The number of rotatable bonds is 4. The van der Waals surface area contributed by atoms with Crippen molar-refractivity contribution in [2.75, 3.05) is 12.3 Å². The van der Waals surface area contributed by atoms with Crippen LogP contribution in [0.3, 0.4) is 0 Å². The molecule has 90 valence electrons. The fourth-order valence-corrected chi connectivity index (χ4v) is 1.15. The molecule has 0 saturated carbocycles. The highest BCUT2D eigenvalue weighted by molar-refractivity contribution is 5.46. The highest BCUT2D eigenvalue weighted by Crippen LogP contribution is 2.19. The van der Waals surface area contributed by atoms with E-state index in [1.807, 2.05) is 0 Å². The first-order valence-corrected chi connectivity index (χ1v) is 4.70. The van der Waals surface area contributed by atoms with Crippen LogP contribution in [-0.2, 0) is 6.54 Å². The van der Waals surface area contributed by atoms with Crippen LogP contribution in [0.4, 0.5) is 18.9 Å². The minimum absolute atomic E-state index is 0.194. The first-order chi connectivity index (χ1) is 7.41. The van der Waals surface area contributed by atoms with Crippen LogP contribution < -0.4 is 11.1 Å². The maximum Gasteiger partial charge on any atom is 0.415 e. The molecular weight excluding hydrogens is 221 g/mol. The van der Waals surface area contributed by atoms with Crippen LogP contribution in [0, 0.1) is 0 Å². The van der Waals surface area contributed by atoms with Crippen LogP contribution >= 0.6 is 0 Å². The van der Waals surface area contributed by atoms with Crippen molar-refractivity contribution in [1.29, 1.82) is 0 Å². The van der Waals surface area contributed by atoms with Gasteiger partial charge >= 0.3 is 6.18 Å². The molecule has 1 aromatic rings. The van der Waals surface area contributed by atoms with Crippen LogP contribution in [-0.4, -0.2) is 23.9 Å². The molecule has 0 heterocycles. The van der Waals surface area contributed by atoms with Crippen molar-refractivity contribution >= 4 is 5.69 Å². The molecule has 6 heteroatoms. The highest BCUT2D eigenvalue weighted by Gasteiger charge is 2.37. The Kier molecular flexibility index (Phi) is 4.14. The predicted molar refractivity (Wildman–Crippen MR) is 54.6 cm³/mol. The second kappa shape index (κ2) is 5.18. The molecule has 4 N–H and O–H groups in total. The Morgan fingerprint density at radius 1 is 1.31 bits per heavy atom. The van der Waals surface area contributed by atoms with Crippen molar-refractivity contribution in [3.05, 3.63) is 29.8 Å². The van der Waals surface area contributed by atoms with E-state index in [2.05, 4.69) is 5.32 Å². The largest absolute Gasteiger partial charge is 0.415 e. The molecule has 0 aliphatic carbocycles. The van der Waals surface area contributed by atoms with E-state index >= 15 is 0 Å². The van der Waals surface area contributed by atoms with Gasteiger partial charge in [0.2, 0.25) is 0 Å². The lowest BCUT2D eigenvalue weighted by Gasteiger charge is -2.15. The molecular formula is C10H13F3N2O. The summed E-state index contributed by atoms with van der Waals surface area (Å²) >= 11 is 0. The minimum atomic E-state index is -4.59. The number of hydrogen-bond donors (Lipinski definition) is 3. The van der Waals surface area contributed by atoms with Gasteiger partial charge in [0.1, 0.15) is 0 Å². The molecule has 0 aliphatic rings. The molecule has 0 spiro atoms. The number of alkyl halides is 3. The Morgan fingerprint density at radius 2 is 1.94 bits per heavy atom. The predicted octanol–water partition coefficient (Wildman–Crippen LogP) is 1.28. The normalized spacial score (nSPS) is 13.8. The van der Waals surface area contributed by atoms with Gasteiger partial charge in [-0.1, -0.05) is 18.2 Å². The summed E-state index contributed by atoms with van der Waals surface area (Å²) in [5.41, 5.74) is 6.81. The number of nitrogens with one attached hydrogen (secondary N) is 1. The number of anilines is 1. The van der Waals surface area contributed by atoms with Gasteiger partial charge in [0.15, 0.2) is 6.10 Å². The summed E-state index contributed by atoms with van der Waals surface area (Å²) in [5, 5.41) is 11.2. The van der Waals surface area contributed by atoms with Crippen LogP contribution in [0.15, 0.2) is 24.3 Å². The molecule has 0 bridgehead atoms. The van der Waals surface area contributed by atoms with E-state index in [-0.39, 0.29) is 6.54 Å². The molecule has 1 atom stereocenters. The number of nitrogen functional groups attached to an aromatic ring is 1. The maximum absolute atomic E-state index is 11.9. The number of halogens is 3. The van der Waals surface area contributed by atoms with E-state index in [1.165, 1.54) is 0 Å². The van der Waals surface area contributed by atoms with Crippen LogP contribution in [0.2, 0.25) is 0 Å². The number of nitrogens with two attached hydrogens (primary N) is 1. The number of benzene rings is 1. The summed E-state index contributed by atoms with van der Waals surface area (Å²) in [4.78, 5) is 0. The average molecular weight is 234 g/mol. The lowest BCUT2D eigenvalue weighted by atomic mass is 10.2. The Hall–Kier alpha value is -1.27. The molecule has 0 amide bonds. The molecule has 0 saturated heterocycles. The monoisotopic (exact) mass is 234 g/mol. The Balaban J connectivity index is 2.40. The minimum Gasteiger partial charge on any atom is -0.398 e. The molecule has 1 rings (SSSR count). The van der Waals surface area contributed by atoms with Gasteiger partial charge in [-0.05, 0) is 11.6 Å². The number of aliphatic hydroxyl groups excluding tert-OH is 1. The fraction of sp³-hybridized carbons (Fsp3) is 0.400. The zero-order valence-corrected chi connectivity index (χ0v) is 8.46. The van der Waals surface area contributed by atoms with Gasteiger partial charge in [-0.25, -0.2) is 0 Å². The summed E-state index contributed by atoms with van der Waals surface area (Å²) in [6.45, 7) is -0.350. The number of hydrogen-bond acceptors (Lipinski definition) is 3. The first-order valence-electron chi connectivity index (χ1n) is 4.70. The van der Waals surface area contributed by atoms with E-state index in [0.29, 0.717) is 11.3 Å². The van der Waals surface area contributed by atoms with Gasteiger partial charge in [0.05, 0.1) is 0 Å². The number of para-hydroxylation sites is 1. The summed E-state index contributed by atoms with van der Waals surface area (Å²) < 4.78 is 35.8. The van der Waals surface area contributed by atoms with Crippen molar-refractivity contribution in [1.82, 2.24) is 5.32 Å². The molecule has 0 aromatic heterocycles. The van der Waals surface area contributed by atoms with Crippen molar-refractivity contribution < 1.29 is 18.3 Å². The van der Waals surface area contributed by atoms with E-state index < -0.39 is 18.8 Å². The summed E-state index contributed by atoms with van der Waals surface area (Å²) in [5.74, 6) is 0. The molecule has 0 aliphatic heterocycles. The summed E-state index contributed by atoms with van der Waals surface area (Å²) in [7, 11) is 0.